The standard InChI is InChI=1S/C21H26N2O3S/c1-6-16-19(24)23-18(15-10-8-14(9-11-15)12(3)4)17(20(25)26-7-2)13(5)22-21(23)27-16/h8-12,16,18H,6-7H2,1-5H3/t16-,18+/m0/s1. The first-order chi connectivity index (χ1) is 12.9. The second kappa shape index (κ2) is 7.89. The van der Waals surface area contributed by atoms with Gasteiger partial charge in [-0.25, -0.2) is 9.79 Å². The maximum atomic E-state index is 13.0. The zero-order valence-electron chi connectivity index (χ0n) is 16.5. The molecule has 144 valence electrons. The number of benzene rings is 1. The molecule has 0 radical (unpaired) electrons. The summed E-state index contributed by atoms with van der Waals surface area (Å²) in [5.41, 5.74) is 3.19. The van der Waals surface area contributed by atoms with E-state index < -0.39 is 12.0 Å². The lowest BCUT2D eigenvalue weighted by Crippen LogP contribution is -2.40. The van der Waals surface area contributed by atoms with Gasteiger partial charge in [-0.1, -0.05) is 56.8 Å². The zero-order valence-corrected chi connectivity index (χ0v) is 17.3. The fourth-order valence-corrected chi connectivity index (χ4v) is 4.57. The average molecular weight is 387 g/mol. The lowest BCUT2D eigenvalue weighted by Gasteiger charge is -2.33. The third-order valence-electron chi connectivity index (χ3n) is 4.94. The molecule has 2 aliphatic rings. The van der Waals surface area contributed by atoms with Gasteiger partial charge in [0.25, 0.3) is 0 Å². The summed E-state index contributed by atoms with van der Waals surface area (Å²) in [7, 11) is 0. The fourth-order valence-electron chi connectivity index (χ4n) is 3.44. The Kier molecular flexibility index (Phi) is 5.75. The summed E-state index contributed by atoms with van der Waals surface area (Å²) in [6, 6.07) is 7.65. The van der Waals surface area contributed by atoms with Crippen molar-refractivity contribution in [2.24, 2.45) is 4.99 Å². The third kappa shape index (κ3) is 3.55. The predicted molar refractivity (Wildman–Crippen MR) is 109 cm³/mol. The van der Waals surface area contributed by atoms with Gasteiger partial charge in [-0.05, 0) is 37.3 Å². The van der Waals surface area contributed by atoms with Gasteiger partial charge in [0.1, 0.15) is 0 Å². The second-order valence-electron chi connectivity index (χ2n) is 7.06. The molecule has 0 unspecified atom stereocenters. The van der Waals surface area contributed by atoms with Crippen LogP contribution < -0.4 is 0 Å². The van der Waals surface area contributed by atoms with Gasteiger partial charge in [0.2, 0.25) is 5.91 Å². The summed E-state index contributed by atoms with van der Waals surface area (Å²) in [5, 5.41) is 0.519. The molecule has 0 spiro atoms. The Morgan fingerprint density at radius 2 is 1.93 bits per heavy atom. The van der Waals surface area contributed by atoms with Crippen LogP contribution in [0.5, 0.6) is 0 Å². The van der Waals surface area contributed by atoms with Crippen LogP contribution in [-0.2, 0) is 14.3 Å². The maximum Gasteiger partial charge on any atom is 0.338 e. The number of allylic oxidation sites excluding steroid dienone is 1. The number of hydrogen-bond acceptors (Lipinski definition) is 5. The number of ether oxygens (including phenoxy) is 1. The summed E-state index contributed by atoms with van der Waals surface area (Å²) >= 11 is 1.48. The number of nitrogens with zero attached hydrogens (tertiary/aromatic N) is 2. The van der Waals surface area contributed by atoms with Crippen molar-refractivity contribution in [3.8, 4) is 0 Å². The van der Waals surface area contributed by atoms with Gasteiger partial charge in [-0.3, -0.25) is 9.69 Å². The van der Waals surface area contributed by atoms with E-state index in [0.717, 1.165) is 12.0 Å². The first-order valence-electron chi connectivity index (χ1n) is 9.45. The van der Waals surface area contributed by atoms with E-state index in [9.17, 15) is 9.59 Å². The Morgan fingerprint density at radius 3 is 2.48 bits per heavy atom. The number of esters is 1. The Balaban J connectivity index is 2.10. The molecule has 6 heteroatoms. The van der Waals surface area contributed by atoms with Gasteiger partial charge in [0.15, 0.2) is 5.17 Å². The van der Waals surface area contributed by atoms with Crippen molar-refractivity contribution in [3.63, 3.8) is 0 Å². The highest BCUT2D eigenvalue weighted by atomic mass is 32.2. The number of fused-ring (bicyclic) bond motifs is 1. The summed E-state index contributed by atoms with van der Waals surface area (Å²) in [6.45, 7) is 10.2. The molecule has 2 aliphatic heterocycles. The van der Waals surface area contributed by atoms with Crippen LogP contribution in [0.4, 0.5) is 0 Å². The van der Waals surface area contributed by atoms with Crippen LogP contribution in [0.3, 0.4) is 0 Å². The molecule has 2 atom stereocenters. The van der Waals surface area contributed by atoms with Crippen molar-refractivity contribution in [1.82, 2.24) is 4.90 Å². The summed E-state index contributed by atoms with van der Waals surface area (Å²) < 4.78 is 5.29. The predicted octanol–water partition coefficient (Wildman–Crippen LogP) is 4.41. The van der Waals surface area contributed by atoms with Gasteiger partial charge in [-0.15, -0.1) is 0 Å². The van der Waals surface area contributed by atoms with Crippen LogP contribution in [0, 0.1) is 0 Å². The number of carbonyl (C=O) groups excluding carboxylic acids is 2. The van der Waals surface area contributed by atoms with Crippen molar-refractivity contribution < 1.29 is 14.3 Å². The molecule has 0 N–H and O–H groups in total. The van der Waals surface area contributed by atoms with Crippen molar-refractivity contribution in [2.45, 2.75) is 58.2 Å². The molecular weight excluding hydrogens is 360 g/mol. The molecular formula is C21H26N2O3S. The van der Waals surface area contributed by atoms with Gasteiger partial charge < -0.3 is 4.74 Å². The van der Waals surface area contributed by atoms with Crippen molar-refractivity contribution >= 4 is 28.8 Å². The fraction of sp³-hybridized carbons (Fsp3) is 0.476. The Bertz CT molecular complexity index is 811. The average Bonchev–Trinajstić information content (AvgIpc) is 2.96. The van der Waals surface area contributed by atoms with Gasteiger partial charge in [0, 0.05) is 0 Å². The molecule has 1 fully saturated rings. The molecule has 1 aromatic carbocycles. The minimum atomic E-state index is -0.491. The largest absolute Gasteiger partial charge is 0.463 e. The molecule has 1 amide bonds. The molecule has 0 aromatic heterocycles. The Labute approximate surface area is 164 Å². The highest BCUT2D eigenvalue weighted by Gasteiger charge is 2.47. The van der Waals surface area contributed by atoms with Crippen LogP contribution in [0.2, 0.25) is 0 Å². The lowest BCUT2D eigenvalue weighted by molar-refractivity contribution is -0.139. The molecule has 1 aromatic rings. The topological polar surface area (TPSA) is 59.0 Å². The first-order valence-corrected chi connectivity index (χ1v) is 10.3. The number of aliphatic imine (C=N–C) groups is 1. The maximum absolute atomic E-state index is 13.0. The molecule has 0 saturated carbocycles. The molecule has 0 aliphatic carbocycles. The van der Waals surface area contributed by atoms with E-state index in [2.05, 4.69) is 31.0 Å². The second-order valence-corrected chi connectivity index (χ2v) is 8.23. The number of carbonyl (C=O) groups is 2. The van der Waals surface area contributed by atoms with Crippen molar-refractivity contribution in [2.75, 3.05) is 6.61 Å². The Morgan fingerprint density at radius 1 is 1.26 bits per heavy atom. The van der Waals surface area contributed by atoms with Gasteiger partial charge >= 0.3 is 5.97 Å². The highest BCUT2D eigenvalue weighted by Crippen LogP contribution is 2.44. The number of thioether (sulfide) groups is 1. The van der Waals surface area contributed by atoms with Crippen molar-refractivity contribution in [1.29, 1.82) is 0 Å². The van der Waals surface area contributed by atoms with Crippen LogP contribution >= 0.6 is 11.8 Å². The summed E-state index contributed by atoms with van der Waals surface area (Å²) in [4.78, 5) is 32.0. The minimum absolute atomic E-state index is 0.00786. The quantitative estimate of drug-likeness (QED) is 0.703. The van der Waals surface area contributed by atoms with E-state index in [4.69, 9.17) is 4.74 Å². The lowest BCUT2D eigenvalue weighted by atomic mass is 9.92. The number of amidine groups is 1. The SMILES string of the molecule is CCOC(=O)C1=C(C)N=C2S[C@@H](CC)C(=O)N2[C@@H]1c1ccc(C(C)C)cc1. The smallest absolute Gasteiger partial charge is 0.338 e. The Hall–Kier alpha value is -2.08. The van der Waals surface area contributed by atoms with Crippen LogP contribution in [0.15, 0.2) is 40.5 Å². The van der Waals surface area contributed by atoms with Gasteiger partial charge in [0.05, 0.1) is 29.2 Å². The number of rotatable bonds is 5. The van der Waals surface area contributed by atoms with E-state index in [1.54, 1.807) is 11.8 Å². The van der Waals surface area contributed by atoms with Gasteiger partial charge in [-0.2, -0.15) is 0 Å². The molecule has 1 saturated heterocycles. The zero-order chi connectivity index (χ0) is 19.7. The molecule has 5 nitrogen and oxygen atoms in total. The van der Waals surface area contributed by atoms with E-state index in [0.29, 0.717) is 22.4 Å². The van der Waals surface area contributed by atoms with Crippen molar-refractivity contribution in [3.05, 3.63) is 46.7 Å². The minimum Gasteiger partial charge on any atom is -0.463 e. The van der Waals surface area contributed by atoms with E-state index in [1.807, 2.05) is 26.0 Å². The van der Waals surface area contributed by atoms with Crippen LogP contribution in [0.1, 0.15) is 64.1 Å². The summed E-state index contributed by atoms with van der Waals surface area (Å²) in [6.07, 6.45) is 0.728. The van der Waals surface area contributed by atoms with Crippen LogP contribution in [0.25, 0.3) is 0 Å². The monoisotopic (exact) mass is 386 g/mol. The van der Waals surface area contributed by atoms with E-state index in [-0.39, 0.29) is 17.8 Å². The molecule has 0 bridgehead atoms. The molecule has 27 heavy (non-hydrogen) atoms. The normalized spacial score (nSPS) is 22.2. The van der Waals surface area contributed by atoms with E-state index >= 15 is 0 Å². The number of hydrogen-bond donors (Lipinski definition) is 0. The molecule has 3 rings (SSSR count). The first kappa shape index (κ1) is 19.7. The number of amides is 1. The van der Waals surface area contributed by atoms with Crippen LogP contribution in [-0.4, -0.2) is 33.8 Å². The third-order valence-corrected chi connectivity index (χ3v) is 6.25. The summed E-state index contributed by atoms with van der Waals surface area (Å²) in [5.74, 6) is 0.0137. The highest BCUT2D eigenvalue weighted by molar-refractivity contribution is 8.15. The molecule has 2 heterocycles. The van der Waals surface area contributed by atoms with E-state index in [1.165, 1.54) is 17.3 Å².